The Kier molecular flexibility index (Phi) is 2.08. The van der Waals surface area contributed by atoms with Gasteiger partial charge in [-0.3, -0.25) is 4.79 Å². The van der Waals surface area contributed by atoms with Gasteiger partial charge in [-0.1, -0.05) is 31.1 Å². The van der Waals surface area contributed by atoms with E-state index in [-0.39, 0.29) is 5.78 Å². The van der Waals surface area contributed by atoms with Gasteiger partial charge >= 0.3 is 0 Å². The molecule has 0 radical (unpaired) electrons. The van der Waals surface area contributed by atoms with E-state index in [0.717, 1.165) is 25.7 Å². The lowest BCUT2D eigenvalue weighted by Gasteiger charge is -2.28. The molecule has 0 aliphatic heterocycles. The van der Waals surface area contributed by atoms with E-state index in [1.54, 1.807) is 24.3 Å². The second-order valence-electron chi connectivity index (χ2n) is 3.92. The minimum atomic E-state index is -0.586. The van der Waals surface area contributed by atoms with E-state index in [1.807, 2.05) is 0 Å². The van der Waals surface area contributed by atoms with Crippen molar-refractivity contribution in [3.05, 3.63) is 24.3 Å². The summed E-state index contributed by atoms with van der Waals surface area (Å²) in [7, 11) is 0. The Labute approximate surface area is 78.0 Å². The first-order chi connectivity index (χ1) is 6.26. The molecule has 0 aromatic heterocycles. The summed E-state index contributed by atoms with van der Waals surface area (Å²) in [5.41, 5.74) is -0.483. The fraction of sp³-hybridized carbons (Fsp3) is 0.545. The molecule has 0 bridgehead atoms. The van der Waals surface area contributed by atoms with Gasteiger partial charge in [0, 0.05) is 0 Å². The maximum Gasteiger partial charge on any atom is 0.164 e. The molecule has 2 heteroatoms. The molecular weight excluding hydrogens is 164 g/mol. The lowest BCUT2D eigenvalue weighted by Crippen LogP contribution is -2.37. The molecule has 1 N–H and O–H groups in total. The molecule has 13 heavy (non-hydrogen) atoms. The Bertz CT molecular complexity index is 270. The van der Waals surface area contributed by atoms with Crippen LogP contribution in [0.5, 0.6) is 0 Å². The maximum atomic E-state index is 11.8. The Morgan fingerprint density at radius 3 is 2.69 bits per heavy atom. The summed E-state index contributed by atoms with van der Waals surface area (Å²) in [5, 5.41) is 9.86. The monoisotopic (exact) mass is 178 g/mol. The van der Waals surface area contributed by atoms with Crippen LogP contribution in [0.4, 0.5) is 0 Å². The largest absolute Gasteiger partial charge is 0.388 e. The molecule has 0 aromatic carbocycles. The lowest BCUT2D eigenvalue weighted by atomic mass is 9.77. The Morgan fingerprint density at radius 1 is 1.31 bits per heavy atom. The molecule has 1 saturated carbocycles. The smallest absolute Gasteiger partial charge is 0.164 e. The third-order valence-corrected chi connectivity index (χ3v) is 3.20. The second kappa shape index (κ2) is 3.11. The van der Waals surface area contributed by atoms with Gasteiger partial charge in [-0.25, -0.2) is 0 Å². The quantitative estimate of drug-likeness (QED) is 0.611. The molecule has 70 valence electrons. The molecule has 1 fully saturated rings. The second-order valence-corrected chi connectivity index (χ2v) is 3.92. The van der Waals surface area contributed by atoms with Crippen LogP contribution in [0.1, 0.15) is 25.7 Å². The molecule has 2 aliphatic rings. The van der Waals surface area contributed by atoms with Gasteiger partial charge in [-0.15, -0.1) is 0 Å². The van der Waals surface area contributed by atoms with Crippen molar-refractivity contribution in [3.63, 3.8) is 0 Å². The van der Waals surface area contributed by atoms with Crippen molar-refractivity contribution in [3.8, 4) is 0 Å². The van der Waals surface area contributed by atoms with Crippen LogP contribution in [0.3, 0.4) is 0 Å². The summed E-state index contributed by atoms with van der Waals surface area (Å²) in [5.74, 6) is 0.0995. The number of allylic oxidation sites excluding steroid dienone is 3. The minimum Gasteiger partial charge on any atom is -0.388 e. The molecule has 0 heterocycles. The highest BCUT2D eigenvalue weighted by Gasteiger charge is 2.44. The van der Waals surface area contributed by atoms with Crippen LogP contribution in [0.25, 0.3) is 0 Å². The van der Waals surface area contributed by atoms with Gasteiger partial charge in [0.15, 0.2) is 5.78 Å². The number of aliphatic hydroxyl groups is 1. The highest BCUT2D eigenvalue weighted by molar-refractivity contribution is 5.96. The molecule has 0 amide bonds. The van der Waals surface area contributed by atoms with E-state index in [9.17, 15) is 9.90 Å². The zero-order chi connectivity index (χ0) is 9.31. The molecule has 0 saturated heterocycles. The Hall–Kier alpha value is -0.890. The zero-order valence-corrected chi connectivity index (χ0v) is 7.57. The lowest BCUT2D eigenvalue weighted by molar-refractivity contribution is -0.128. The maximum absolute atomic E-state index is 11.8. The van der Waals surface area contributed by atoms with Gasteiger partial charge in [0.1, 0.15) is 0 Å². The van der Waals surface area contributed by atoms with Gasteiger partial charge in [-0.05, 0) is 18.9 Å². The Morgan fingerprint density at radius 2 is 2.00 bits per heavy atom. The molecular formula is C11H14O2. The van der Waals surface area contributed by atoms with Crippen molar-refractivity contribution in [1.29, 1.82) is 0 Å². The topological polar surface area (TPSA) is 37.3 Å². The van der Waals surface area contributed by atoms with E-state index in [0.29, 0.717) is 0 Å². The molecule has 0 aromatic rings. The summed E-state index contributed by atoms with van der Waals surface area (Å²) < 4.78 is 0. The third-order valence-electron chi connectivity index (χ3n) is 3.20. The van der Waals surface area contributed by atoms with Crippen molar-refractivity contribution in [2.24, 2.45) is 5.41 Å². The predicted molar refractivity (Wildman–Crippen MR) is 50.2 cm³/mol. The van der Waals surface area contributed by atoms with Gasteiger partial charge < -0.3 is 5.11 Å². The van der Waals surface area contributed by atoms with Crippen LogP contribution in [-0.2, 0) is 4.79 Å². The van der Waals surface area contributed by atoms with Gasteiger partial charge in [-0.2, -0.15) is 0 Å². The highest BCUT2D eigenvalue weighted by atomic mass is 16.3. The first kappa shape index (κ1) is 8.70. The normalized spacial score (nSPS) is 31.2. The van der Waals surface area contributed by atoms with Crippen molar-refractivity contribution in [2.45, 2.75) is 31.8 Å². The van der Waals surface area contributed by atoms with Gasteiger partial charge in [0.05, 0.1) is 11.5 Å². The number of aliphatic hydroxyl groups excluding tert-OH is 1. The molecule has 2 rings (SSSR count). The van der Waals surface area contributed by atoms with Gasteiger partial charge in [0.2, 0.25) is 0 Å². The number of ketones is 1. The van der Waals surface area contributed by atoms with E-state index >= 15 is 0 Å². The molecule has 1 unspecified atom stereocenters. The minimum absolute atomic E-state index is 0.0995. The number of rotatable bonds is 0. The Balaban J connectivity index is 2.36. The van der Waals surface area contributed by atoms with Crippen LogP contribution in [-0.4, -0.2) is 17.0 Å². The summed E-state index contributed by atoms with van der Waals surface area (Å²) in [6.45, 7) is 0. The SMILES string of the molecule is O=C1C=CC=CC(O)C12CCCC2. The molecule has 2 nitrogen and oxygen atoms in total. The number of carbonyl (C=O) groups excluding carboxylic acids is 1. The third kappa shape index (κ3) is 1.25. The van der Waals surface area contributed by atoms with Crippen LogP contribution in [0, 0.1) is 5.41 Å². The zero-order valence-electron chi connectivity index (χ0n) is 7.57. The molecule has 2 aliphatic carbocycles. The van der Waals surface area contributed by atoms with Crippen molar-refractivity contribution in [1.82, 2.24) is 0 Å². The standard InChI is InChI=1S/C11H14O2/c12-9-5-1-2-6-10(13)11(9)7-3-4-8-11/h1-2,5-6,9,12H,3-4,7-8H2. The fourth-order valence-corrected chi connectivity index (χ4v) is 2.36. The van der Waals surface area contributed by atoms with Crippen molar-refractivity contribution >= 4 is 5.78 Å². The average molecular weight is 178 g/mol. The predicted octanol–water partition coefficient (Wildman–Crippen LogP) is 1.60. The number of hydrogen-bond acceptors (Lipinski definition) is 2. The van der Waals surface area contributed by atoms with Crippen LogP contribution < -0.4 is 0 Å². The van der Waals surface area contributed by atoms with E-state index in [1.165, 1.54) is 0 Å². The summed E-state index contributed by atoms with van der Waals surface area (Å²) in [4.78, 5) is 11.8. The molecule has 1 spiro atoms. The number of hydrogen-bond donors (Lipinski definition) is 1. The summed E-state index contributed by atoms with van der Waals surface area (Å²) >= 11 is 0. The number of carbonyl (C=O) groups is 1. The molecule has 1 atom stereocenters. The first-order valence-corrected chi connectivity index (χ1v) is 4.83. The first-order valence-electron chi connectivity index (χ1n) is 4.83. The van der Waals surface area contributed by atoms with E-state index < -0.39 is 11.5 Å². The summed E-state index contributed by atoms with van der Waals surface area (Å²) in [6, 6.07) is 0. The van der Waals surface area contributed by atoms with Crippen LogP contribution in [0.15, 0.2) is 24.3 Å². The van der Waals surface area contributed by atoms with E-state index in [2.05, 4.69) is 0 Å². The van der Waals surface area contributed by atoms with Crippen LogP contribution >= 0.6 is 0 Å². The van der Waals surface area contributed by atoms with Crippen LogP contribution in [0.2, 0.25) is 0 Å². The van der Waals surface area contributed by atoms with E-state index in [4.69, 9.17) is 0 Å². The van der Waals surface area contributed by atoms with Crippen molar-refractivity contribution in [2.75, 3.05) is 0 Å². The highest BCUT2D eigenvalue weighted by Crippen LogP contribution is 2.43. The van der Waals surface area contributed by atoms with Gasteiger partial charge in [0.25, 0.3) is 0 Å². The van der Waals surface area contributed by atoms with Crippen molar-refractivity contribution < 1.29 is 9.90 Å². The summed E-state index contributed by atoms with van der Waals surface area (Å²) in [6.07, 6.45) is 10.0. The average Bonchev–Trinajstić information content (AvgIpc) is 2.56. The fourth-order valence-electron chi connectivity index (χ4n) is 2.36.